The minimum atomic E-state index is -0.218. The molecule has 1 aliphatic rings. The summed E-state index contributed by atoms with van der Waals surface area (Å²) < 4.78 is 5.42. The summed E-state index contributed by atoms with van der Waals surface area (Å²) in [6.07, 6.45) is 1.81. The number of carbonyl (C=O) groups is 1. The van der Waals surface area contributed by atoms with Crippen LogP contribution >= 0.6 is 0 Å². The van der Waals surface area contributed by atoms with Crippen molar-refractivity contribution in [3.8, 4) is 11.3 Å². The van der Waals surface area contributed by atoms with Crippen molar-refractivity contribution < 1.29 is 9.53 Å². The van der Waals surface area contributed by atoms with E-state index >= 15 is 0 Å². The number of amides is 2. The van der Waals surface area contributed by atoms with Crippen LogP contribution in [0.2, 0.25) is 0 Å². The van der Waals surface area contributed by atoms with Crippen LogP contribution < -0.4 is 20.9 Å². The molecule has 0 atom stereocenters. The Balaban J connectivity index is 1.46. The van der Waals surface area contributed by atoms with Gasteiger partial charge in [-0.3, -0.25) is 0 Å². The Bertz CT molecular complexity index is 1050. The molecule has 166 valence electrons. The molecule has 3 N–H and O–H groups in total. The van der Waals surface area contributed by atoms with Gasteiger partial charge in [-0.2, -0.15) is 0 Å². The third kappa shape index (κ3) is 5.33. The zero-order chi connectivity index (χ0) is 22.3. The van der Waals surface area contributed by atoms with E-state index in [2.05, 4.69) is 38.0 Å². The number of hydrogen-bond acceptors (Lipinski definition) is 6. The molecule has 8 heteroatoms. The van der Waals surface area contributed by atoms with Crippen LogP contribution in [-0.4, -0.2) is 48.8 Å². The summed E-state index contributed by atoms with van der Waals surface area (Å²) in [5.74, 6) is 0.536. The number of urea groups is 1. The molecule has 2 heterocycles. The van der Waals surface area contributed by atoms with Crippen LogP contribution in [0.3, 0.4) is 0 Å². The minimum Gasteiger partial charge on any atom is -0.378 e. The van der Waals surface area contributed by atoms with Crippen LogP contribution in [0, 0.1) is 6.92 Å². The Kier molecular flexibility index (Phi) is 6.81. The van der Waals surface area contributed by atoms with Crippen molar-refractivity contribution in [2.24, 2.45) is 0 Å². The zero-order valence-corrected chi connectivity index (χ0v) is 18.4. The van der Waals surface area contributed by atoms with Crippen molar-refractivity contribution in [2.45, 2.75) is 13.8 Å². The number of rotatable bonds is 6. The number of carbonyl (C=O) groups excluding carboxylic acids is 1. The molecular formula is C24H28N6O2. The largest absolute Gasteiger partial charge is 0.378 e. The number of morpholine rings is 1. The van der Waals surface area contributed by atoms with Gasteiger partial charge in [0.2, 0.25) is 5.95 Å². The summed E-state index contributed by atoms with van der Waals surface area (Å²) in [5, 5.41) is 8.81. The van der Waals surface area contributed by atoms with Crippen molar-refractivity contribution in [1.82, 2.24) is 15.3 Å². The van der Waals surface area contributed by atoms with Gasteiger partial charge in [0.15, 0.2) is 0 Å². The van der Waals surface area contributed by atoms with Gasteiger partial charge in [0.05, 0.1) is 18.9 Å². The summed E-state index contributed by atoms with van der Waals surface area (Å²) in [6.45, 7) is 7.80. The molecule has 0 unspecified atom stereocenters. The van der Waals surface area contributed by atoms with E-state index in [1.54, 1.807) is 0 Å². The molecule has 2 amide bonds. The maximum atomic E-state index is 11.7. The summed E-state index contributed by atoms with van der Waals surface area (Å²) in [5.41, 5.74) is 5.62. The van der Waals surface area contributed by atoms with E-state index in [1.807, 2.05) is 56.4 Å². The van der Waals surface area contributed by atoms with E-state index in [-0.39, 0.29) is 6.03 Å². The van der Waals surface area contributed by atoms with Gasteiger partial charge in [0.25, 0.3) is 0 Å². The lowest BCUT2D eigenvalue weighted by atomic mass is 10.1. The van der Waals surface area contributed by atoms with Crippen molar-refractivity contribution in [2.75, 3.05) is 48.4 Å². The average Bonchev–Trinajstić information content (AvgIpc) is 2.82. The first kappa shape index (κ1) is 21.6. The molecule has 1 aromatic heterocycles. The lowest BCUT2D eigenvalue weighted by molar-refractivity contribution is 0.122. The molecule has 0 spiro atoms. The third-order valence-corrected chi connectivity index (χ3v) is 5.22. The van der Waals surface area contributed by atoms with E-state index in [9.17, 15) is 4.79 Å². The van der Waals surface area contributed by atoms with Gasteiger partial charge < -0.3 is 25.6 Å². The molecule has 0 saturated carbocycles. The molecule has 0 bridgehead atoms. The molecule has 3 aromatic rings. The fourth-order valence-electron chi connectivity index (χ4n) is 3.55. The predicted octanol–water partition coefficient (Wildman–Crippen LogP) is 4.17. The second-order valence-electron chi connectivity index (χ2n) is 7.56. The molecule has 1 fully saturated rings. The molecule has 32 heavy (non-hydrogen) atoms. The first-order valence-electron chi connectivity index (χ1n) is 10.8. The van der Waals surface area contributed by atoms with Gasteiger partial charge >= 0.3 is 6.03 Å². The van der Waals surface area contributed by atoms with Gasteiger partial charge in [-0.1, -0.05) is 12.1 Å². The highest BCUT2D eigenvalue weighted by Gasteiger charge is 2.12. The number of anilines is 4. The van der Waals surface area contributed by atoms with Gasteiger partial charge in [-0.15, -0.1) is 0 Å². The number of ether oxygens (including phenoxy) is 1. The van der Waals surface area contributed by atoms with Crippen LogP contribution in [0.5, 0.6) is 0 Å². The van der Waals surface area contributed by atoms with E-state index in [0.29, 0.717) is 12.5 Å². The van der Waals surface area contributed by atoms with E-state index in [0.717, 1.165) is 54.5 Å². The average molecular weight is 433 g/mol. The van der Waals surface area contributed by atoms with E-state index < -0.39 is 0 Å². The Morgan fingerprint density at radius 1 is 1.03 bits per heavy atom. The first-order valence-corrected chi connectivity index (χ1v) is 10.8. The third-order valence-electron chi connectivity index (χ3n) is 5.22. The number of aryl methyl sites for hydroxylation is 1. The monoisotopic (exact) mass is 432 g/mol. The van der Waals surface area contributed by atoms with Crippen LogP contribution in [0.25, 0.3) is 11.3 Å². The first-order chi connectivity index (χ1) is 15.6. The molecule has 0 radical (unpaired) electrons. The van der Waals surface area contributed by atoms with Crippen molar-refractivity contribution in [1.29, 1.82) is 0 Å². The number of benzene rings is 2. The quantitative estimate of drug-likeness (QED) is 0.541. The Hall–Kier alpha value is -3.65. The number of nitrogens with one attached hydrogen (secondary N) is 3. The van der Waals surface area contributed by atoms with E-state index in [4.69, 9.17) is 9.72 Å². The Labute approximate surface area is 188 Å². The second kappa shape index (κ2) is 10.1. The Morgan fingerprint density at radius 3 is 2.41 bits per heavy atom. The fraction of sp³-hybridized carbons (Fsp3) is 0.292. The minimum absolute atomic E-state index is 0.218. The van der Waals surface area contributed by atoms with Crippen LogP contribution in [-0.2, 0) is 4.74 Å². The predicted molar refractivity (Wildman–Crippen MR) is 128 cm³/mol. The highest BCUT2D eigenvalue weighted by atomic mass is 16.5. The lowest BCUT2D eigenvalue weighted by Crippen LogP contribution is -2.36. The maximum Gasteiger partial charge on any atom is 0.319 e. The van der Waals surface area contributed by atoms with Crippen molar-refractivity contribution in [3.05, 3.63) is 60.3 Å². The topological polar surface area (TPSA) is 91.4 Å². The molecule has 2 aromatic carbocycles. The normalized spacial score (nSPS) is 13.5. The lowest BCUT2D eigenvalue weighted by Gasteiger charge is -2.28. The van der Waals surface area contributed by atoms with Gasteiger partial charge in [0.1, 0.15) is 0 Å². The smallest absolute Gasteiger partial charge is 0.319 e. The number of aromatic nitrogens is 2. The fourth-order valence-corrected chi connectivity index (χ4v) is 3.55. The maximum absolute atomic E-state index is 11.7. The molecular weight excluding hydrogens is 404 g/mol. The second-order valence-corrected chi connectivity index (χ2v) is 7.56. The number of nitrogens with zero attached hydrogens (tertiary/aromatic N) is 3. The molecule has 1 saturated heterocycles. The summed E-state index contributed by atoms with van der Waals surface area (Å²) in [6, 6.07) is 15.7. The molecule has 4 rings (SSSR count). The molecule has 0 aliphatic carbocycles. The van der Waals surface area contributed by atoms with Crippen molar-refractivity contribution in [3.63, 3.8) is 0 Å². The van der Waals surface area contributed by atoms with Gasteiger partial charge in [0, 0.05) is 48.5 Å². The zero-order valence-electron chi connectivity index (χ0n) is 18.4. The highest BCUT2D eigenvalue weighted by molar-refractivity contribution is 5.89. The van der Waals surface area contributed by atoms with Gasteiger partial charge in [-0.25, -0.2) is 14.8 Å². The molecule has 8 nitrogen and oxygen atoms in total. The van der Waals surface area contributed by atoms with Gasteiger partial charge in [-0.05, 0) is 55.8 Å². The van der Waals surface area contributed by atoms with Crippen molar-refractivity contribution >= 4 is 29.0 Å². The van der Waals surface area contributed by atoms with Crippen LogP contribution in [0.4, 0.5) is 27.8 Å². The highest BCUT2D eigenvalue weighted by Crippen LogP contribution is 2.25. The SMILES string of the molecule is CCNC(=O)Nc1ccc(-c2nc(Nc3ccc(N4CCOCC4)cc3)ncc2C)cc1. The standard InChI is InChI=1S/C24H28N6O2/c1-3-25-24(31)28-20-6-4-18(5-7-20)22-17(2)16-26-23(29-22)27-19-8-10-21(11-9-19)30-12-14-32-15-13-30/h4-11,16H,3,12-15H2,1-2H3,(H2,25,28,31)(H,26,27,29). The van der Waals surface area contributed by atoms with Crippen LogP contribution in [0.1, 0.15) is 12.5 Å². The number of hydrogen-bond donors (Lipinski definition) is 3. The summed E-state index contributed by atoms with van der Waals surface area (Å²) >= 11 is 0. The van der Waals surface area contributed by atoms with E-state index in [1.165, 1.54) is 5.69 Å². The van der Waals surface area contributed by atoms with Crippen LogP contribution in [0.15, 0.2) is 54.7 Å². The summed E-state index contributed by atoms with van der Waals surface area (Å²) in [7, 11) is 0. The Morgan fingerprint density at radius 2 is 1.72 bits per heavy atom. The summed E-state index contributed by atoms with van der Waals surface area (Å²) in [4.78, 5) is 23.2. The molecule has 1 aliphatic heterocycles.